The maximum atomic E-state index is 13.4. The number of aromatic nitrogens is 1. The van der Waals surface area contributed by atoms with Crippen LogP contribution in [-0.4, -0.2) is 39.1 Å². The molecule has 0 aliphatic carbocycles. The predicted molar refractivity (Wildman–Crippen MR) is 123 cm³/mol. The van der Waals surface area contributed by atoms with Crippen LogP contribution in [0.3, 0.4) is 0 Å². The third-order valence-electron chi connectivity index (χ3n) is 5.66. The molecule has 1 saturated heterocycles. The van der Waals surface area contributed by atoms with Crippen molar-refractivity contribution >= 4 is 26.4 Å². The molecule has 1 aromatic heterocycles. The van der Waals surface area contributed by atoms with Gasteiger partial charge in [0, 0.05) is 37.3 Å². The number of aryl methyl sites for hydroxylation is 1. The van der Waals surface area contributed by atoms with Gasteiger partial charge < -0.3 is 10.2 Å². The Hall–Kier alpha value is -2.70. The van der Waals surface area contributed by atoms with Crippen molar-refractivity contribution in [3.8, 4) is 0 Å². The number of rotatable bonds is 5. The standard InChI is InChI=1S/C24H27N3O2S/c1-4-23(19-10-8-17(2)9-11-19)30(28,29)21-14-20-6-5-7-22(24(20)26-15-21)27-13-12-25-18(3)16-27/h4-11,14-15,18,23,25H,1,12-13,16H2,2-3H3. The van der Waals surface area contributed by atoms with Crippen LogP contribution in [0.2, 0.25) is 0 Å². The third-order valence-corrected chi connectivity index (χ3v) is 7.67. The van der Waals surface area contributed by atoms with Crippen molar-refractivity contribution in [1.82, 2.24) is 10.3 Å². The van der Waals surface area contributed by atoms with Crippen LogP contribution in [0.1, 0.15) is 23.3 Å². The van der Waals surface area contributed by atoms with Gasteiger partial charge in [-0.1, -0.05) is 48.0 Å². The number of piperazine rings is 1. The number of benzene rings is 2. The SMILES string of the molecule is C=CC(c1ccc(C)cc1)S(=O)(=O)c1cnc2c(N3CCNC(C)C3)cccc2c1. The zero-order valence-electron chi connectivity index (χ0n) is 17.4. The molecule has 2 atom stereocenters. The van der Waals surface area contributed by atoms with E-state index in [2.05, 4.69) is 34.8 Å². The molecular weight excluding hydrogens is 394 g/mol. The third kappa shape index (κ3) is 3.85. The number of hydrogen-bond donors (Lipinski definition) is 1. The lowest BCUT2D eigenvalue weighted by Gasteiger charge is -2.34. The minimum absolute atomic E-state index is 0.214. The van der Waals surface area contributed by atoms with Crippen molar-refractivity contribution in [2.75, 3.05) is 24.5 Å². The number of para-hydroxylation sites is 1. The molecular formula is C24H27N3O2S. The summed E-state index contributed by atoms with van der Waals surface area (Å²) >= 11 is 0. The molecule has 0 amide bonds. The van der Waals surface area contributed by atoms with Crippen molar-refractivity contribution in [3.63, 3.8) is 0 Å². The van der Waals surface area contributed by atoms with Crippen molar-refractivity contribution in [3.05, 3.63) is 78.5 Å². The average molecular weight is 422 g/mol. The molecule has 156 valence electrons. The van der Waals surface area contributed by atoms with E-state index in [1.54, 1.807) is 6.07 Å². The predicted octanol–water partition coefficient (Wildman–Crippen LogP) is 4.04. The summed E-state index contributed by atoms with van der Waals surface area (Å²) in [4.78, 5) is 7.12. The highest BCUT2D eigenvalue weighted by Gasteiger charge is 2.27. The van der Waals surface area contributed by atoms with Crippen LogP contribution in [0.25, 0.3) is 10.9 Å². The highest BCUT2D eigenvalue weighted by Crippen LogP contribution is 2.33. The fourth-order valence-electron chi connectivity index (χ4n) is 4.03. The Morgan fingerprint density at radius 2 is 2.00 bits per heavy atom. The Morgan fingerprint density at radius 1 is 1.23 bits per heavy atom. The highest BCUT2D eigenvalue weighted by molar-refractivity contribution is 7.91. The Balaban J connectivity index is 1.74. The molecule has 0 radical (unpaired) electrons. The fourth-order valence-corrected chi connectivity index (χ4v) is 5.58. The lowest BCUT2D eigenvalue weighted by atomic mass is 10.1. The van der Waals surface area contributed by atoms with Gasteiger partial charge in [-0.2, -0.15) is 0 Å². The summed E-state index contributed by atoms with van der Waals surface area (Å²) in [6, 6.07) is 15.6. The van der Waals surface area contributed by atoms with Crippen molar-refractivity contribution in [1.29, 1.82) is 0 Å². The van der Waals surface area contributed by atoms with Gasteiger partial charge in [0.25, 0.3) is 0 Å². The fraction of sp³-hybridized carbons (Fsp3) is 0.292. The van der Waals surface area contributed by atoms with Crippen molar-refractivity contribution in [2.45, 2.75) is 30.0 Å². The van der Waals surface area contributed by atoms with Gasteiger partial charge in [0.15, 0.2) is 9.84 Å². The monoisotopic (exact) mass is 421 g/mol. The molecule has 1 aliphatic heterocycles. The van der Waals surface area contributed by atoms with Gasteiger partial charge in [-0.25, -0.2) is 8.42 Å². The average Bonchev–Trinajstić information content (AvgIpc) is 2.74. The van der Waals surface area contributed by atoms with E-state index in [4.69, 9.17) is 0 Å². The smallest absolute Gasteiger partial charge is 0.190 e. The maximum Gasteiger partial charge on any atom is 0.190 e. The van der Waals surface area contributed by atoms with Crippen LogP contribution < -0.4 is 10.2 Å². The van der Waals surface area contributed by atoms with Crippen LogP contribution in [0.4, 0.5) is 5.69 Å². The number of fused-ring (bicyclic) bond motifs is 1. The van der Waals surface area contributed by atoms with Gasteiger partial charge in [0.05, 0.1) is 16.1 Å². The Kier molecular flexibility index (Phi) is 5.62. The van der Waals surface area contributed by atoms with E-state index in [9.17, 15) is 8.42 Å². The molecule has 2 aromatic carbocycles. The van der Waals surface area contributed by atoms with Crippen LogP contribution in [0, 0.1) is 6.92 Å². The minimum Gasteiger partial charge on any atom is -0.367 e. The molecule has 2 heterocycles. The van der Waals surface area contributed by atoms with E-state index < -0.39 is 15.1 Å². The van der Waals surface area contributed by atoms with Gasteiger partial charge in [-0.15, -0.1) is 6.58 Å². The van der Waals surface area contributed by atoms with Gasteiger partial charge in [-0.05, 0) is 31.5 Å². The first-order valence-electron chi connectivity index (χ1n) is 10.2. The van der Waals surface area contributed by atoms with Crippen LogP contribution in [-0.2, 0) is 9.84 Å². The first-order valence-corrected chi connectivity index (χ1v) is 11.7. The van der Waals surface area contributed by atoms with E-state index >= 15 is 0 Å². The first kappa shape index (κ1) is 20.6. The van der Waals surface area contributed by atoms with E-state index in [-0.39, 0.29) is 4.90 Å². The minimum atomic E-state index is -3.66. The number of pyridine rings is 1. The quantitative estimate of drug-likeness (QED) is 0.630. The molecule has 0 bridgehead atoms. The van der Waals surface area contributed by atoms with Crippen molar-refractivity contribution < 1.29 is 8.42 Å². The Labute approximate surface area is 178 Å². The van der Waals surface area contributed by atoms with E-state index in [0.717, 1.165) is 41.8 Å². The largest absolute Gasteiger partial charge is 0.367 e. The zero-order chi connectivity index (χ0) is 21.3. The van der Waals surface area contributed by atoms with Crippen LogP contribution in [0.5, 0.6) is 0 Å². The summed E-state index contributed by atoms with van der Waals surface area (Å²) in [6.45, 7) is 10.6. The van der Waals surface area contributed by atoms with Crippen molar-refractivity contribution in [2.24, 2.45) is 0 Å². The normalized spacial score (nSPS) is 18.3. The number of hydrogen-bond acceptors (Lipinski definition) is 5. The van der Waals surface area contributed by atoms with Gasteiger partial charge in [0.1, 0.15) is 5.25 Å². The molecule has 1 N–H and O–H groups in total. The van der Waals surface area contributed by atoms with E-state index in [0.29, 0.717) is 11.6 Å². The maximum absolute atomic E-state index is 13.4. The molecule has 5 nitrogen and oxygen atoms in total. The molecule has 3 aromatic rings. The summed E-state index contributed by atoms with van der Waals surface area (Å²) in [6.07, 6.45) is 2.97. The topological polar surface area (TPSA) is 62.3 Å². The van der Waals surface area contributed by atoms with E-state index in [1.807, 2.05) is 43.3 Å². The van der Waals surface area contributed by atoms with Gasteiger partial charge >= 0.3 is 0 Å². The number of anilines is 1. The second kappa shape index (κ2) is 8.20. The molecule has 2 unspecified atom stereocenters. The van der Waals surface area contributed by atoms with Crippen LogP contribution >= 0.6 is 0 Å². The lowest BCUT2D eigenvalue weighted by Crippen LogP contribution is -2.49. The molecule has 1 fully saturated rings. The number of sulfone groups is 1. The number of nitrogens with one attached hydrogen (secondary N) is 1. The molecule has 4 rings (SSSR count). The summed E-state index contributed by atoms with van der Waals surface area (Å²) in [5, 5.41) is 3.46. The molecule has 0 spiro atoms. The zero-order valence-corrected chi connectivity index (χ0v) is 18.2. The lowest BCUT2D eigenvalue weighted by molar-refractivity contribution is 0.485. The number of nitrogens with zero attached hydrogens (tertiary/aromatic N) is 2. The van der Waals surface area contributed by atoms with Gasteiger partial charge in [0.2, 0.25) is 0 Å². The molecule has 30 heavy (non-hydrogen) atoms. The molecule has 1 aliphatic rings. The summed E-state index contributed by atoms with van der Waals surface area (Å²) < 4.78 is 26.8. The summed E-state index contributed by atoms with van der Waals surface area (Å²) in [7, 11) is -3.66. The first-order chi connectivity index (χ1) is 14.4. The highest BCUT2D eigenvalue weighted by atomic mass is 32.2. The molecule has 0 saturated carbocycles. The van der Waals surface area contributed by atoms with Crippen LogP contribution in [0.15, 0.2) is 72.3 Å². The Bertz CT molecular complexity index is 1170. The molecule has 6 heteroatoms. The second-order valence-corrected chi connectivity index (χ2v) is 10.0. The van der Waals surface area contributed by atoms with Gasteiger partial charge in [-0.3, -0.25) is 4.98 Å². The van der Waals surface area contributed by atoms with E-state index in [1.165, 1.54) is 12.3 Å². The Morgan fingerprint density at radius 3 is 2.70 bits per heavy atom. The second-order valence-electron chi connectivity index (χ2n) is 7.93. The summed E-state index contributed by atoms with van der Waals surface area (Å²) in [5.41, 5.74) is 3.67. The summed E-state index contributed by atoms with van der Waals surface area (Å²) in [5.74, 6) is 0.